The summed E-state index contributed by atoms with van der Waals surface area (Å²) in [5.74, 6) is -1.98. The third-order valence-electron chi connectivity index (χ3n) is 6.40. The Morgan fingerprint density at radius 1 is 0.969 bits per heavy atom. The highest BCUT2D eigenvalue weighted by Crippen LogP contribution is 2.40. The molecule has 0 spiro atoms. The van der Waals surface area contributed by atoms with Crippen molar-refractivity contribution < 1.29 is 23.9 Å². The number of ketones is 1. The Morgan fingerprint density at radius 3 is 2.31 bits per heavy atom. The number of hydrogen-bond donors (Lipinski definition) is 0. The van der Waals surface area contributed by atoms with E-state index in [1.807, 2.05) is 39.0 Å². The van der Waals surface area contributed by atoms with Gasteiger partial charge in [0.15, 0.2) is 12.4 Å². The van der Waals surface area contributed by atoms with Crippen LogP contribution in [-0.4, -0.2) is 30.2 Å². The Kier molecular flexibility index (Phi) is 5.78. The molecule has 1 saturated heterocycles. The maximum atomic E-state index is 12.9. The fourth-order valence-corrected chi connectivity index (χ4v) is 4.36. The summed E-state index contributed by atoms with van der Waals surface area (Å²) in [6.45, 7) is 5.46. The number of Topliss-reactive ketones (excluding diaryl/α,β-unsaturated/α-hetero) is 1. The van der Waals surface area contributed by atoms with Crippen LogP contribution < -0.4 is 4.90 Å². The predicted molar refractivity (Wildman–Crippen MR) is 119 cm³/mol. The maximum absolute atomic E-state index is 12.9. The van der Waals surface area contributed by atoms with E-state index in [9.17, 15) is 19.2 Å². The van der Waals surface area contributed by atoms with Crippen molar-refractivity contribution in [2.75, 3.05) is 11.5 Å². The molecule has 2 aromatic rings. The zero-order chi connectivity index (χ0) is 23.0. The van der Waals surface area contributed by atoms with E-state index in [2.05, 4.69) is 0 Å². The van der Waals surface area contributed by atoms with Gasteiger partial charge in [-0.2, -0.15) is 0 Å². The van der Waals surface area contributed by atoms with E-state index in [0.29, 0.717) is 17.7 Å². The van der Waals surface area contributed by atoms with E-state index < -0.39 is 5.97 Å². The van der Waals surface area contributed by atoms with Crippen LogP contribution in [0.25, 0.3) is 0 Å². The van der Waals surface area contributed by atoms with Crippen molar-refractivity contribution in [1.82, 2.24) is 0 Å². The van der Waals surface area contributed by atoms with Crippen LogP contribution in [0.15, 0.2) is 54.6 Å². The normalized spacial score (nSPS) is 22.1. The van der Waals surface area contributed by atoms with Gasteiger partial charge in [-0.15, -0.1) is 0 Å². The molecular formula is C26H25NO5. The molecular weight excluding hydrogens is 406 g/mol. The second-order valence-corrected chi connectivity index (χ2v) is 8.51. The average molecular weight is 431 g/mol. The van der Waals surface area contributed by atoms with Gasteiger partial charge in [0.1, 0.15) is 0 Å². The van der Waals surface area contributed by atoms with Crippen molar-refractivity contribution in [3.05, 3.63) is 76.9 Å². The SMILES string of the molecule is Cc1ccc(C(=O)COC(=O)c2ccc(N3C(=O)[C@H]4[C@H](C)C=CC[C@H]4C3=O)cc2)cc1C. The Labute approximate surface area is 186 Å². The standard InChI is InChI=1S/C26H25NO5/c1-15-7-8-19(13-17(15)3)22(28)14-32-26(31)18-9-11-20(12-10-18)27-24(29)21-6-4-5-16(2)23(21)25(27)30/h4-5,7-13,16,21,23H,6,14H2,1-3H3/t16-,21-,23+/m1/s1. The first-order valence-corrected chi connectivity index (χ1v) is 10.7. The lowest BCUT2D eigenvalue weighted by atomic mass is 9.78. The molecule has 0 N–H and O–H groups in total. The van der Waals surface area contributed by atoms with Gasteiger partial charge in [0, 0.05) is 5.56 Å². The molecule has 0 aromatic heterocycles. The molecule has 1 aliphatic heterocycles. The molecule has 2 aliphatic rings. The van der Waals surface area contributed by atoms with Gasteiger partial charge in [-0.3, -0.25) is 19.3 Å². The predicted octanol–water partition coefficient (Wildman–Crippen LogP) is 4.04. The summed E-state index contributed by atoms with van der Waals surface area (Å²) in [5.41, 5.74) is 3.25. The number of aryl methyl sites for hydroxylation is 2. The van der Waals surface area contributed by atoms with E-state index in [4.69, 9.17) is 4.74 Å². The number of nitrogens with zero attached hydrogens (tertiary/aromatic N) is 1. The van der Waals surface area contributed by atoms with Crippen LogP contribution >= 0.6 is 0 Å². The number of esters is 1. The Balaban J connectivity index is 1.42. The largest absolute Gasteiger partial charge is 0.454 e. The fraction of sp³-hybridized carbons (Fsp3) is 0.308. The number of carbonyl (C=O) groups excluding carboxylic acids is 4. The second-order valence-electron chi connectivity index (χ2n) is 8.51. The first kappa shape index (κ1) is 21.7. The Morgan fingerprint density at radius 2 is 1.66 bits per heavy atom. The van der Waals surface area contributed by atoms with Crippen LogP contribution in [0.1, 0.15) is 45.2 Å². The quantitative estimate of drug-likeness (QED) is 0.309. The zero-order valence-corrected chi connectivity index (χ0v) is 18.3. The van der Waals surface area contributed by atoms with Gasteiger partial charge in [0.25, 0.3) is 0 Å². The van der Waals surface area contributed by atoms with Crippen molar-refractivity contribution in [1.29, 1.82) is 0 Å². The Bertz CT molecular complexity index is 1130. The van der Waals surface area contributed by atoms with E-state index in [0.717, 1.165) is 11.1 Å². The zero-order valence-electron chi connectivity index (χ0n) is 18.3. The molecule has 164 valence electrons. The monoisotopic (exact) mass is 431 g/mol. The smallest absolute Gasteiger partial charge is 0.338 e. The van der Waals surface area contributed by atoms with Crippen LogP contribution in [0.2, 0.25) is 0 Å². The van der Waals surface area contributed by atoms with Crippen molar-refractivity contribution in [3.63, 3.8) is 0 Å². The molecule has 0 radical (unpaired) electrons. The molecule has 1 heterocycles. The van der Waals surface area contributed by atoms with Crippen LogP contribution in [0.5, 0.6) is 0 Å². The first-order valence-electron chi connectivity index (χ1n) is 10.7. The van der Waals surface area contributed by atoms with Crippen LogP contribution in [0, 0.1) is 31.6 Å². The molecule has 0 bridgehead atoms. The average Bonchev–Trinajstić information content (AvgIpc) is 3.05. The number of amides is 2. The van der Waals surface area contributed by atoms with Crippen molar-refractivity contribution in [2.45, 2.75) is 27.2 Å². The minimum Gasteiger partial charge on any atom is -0.454 e. The highest BCUT2D eigenvalue weighted by atomic mass is 16.5. The van der Waals surface area contributed by atoms with Crippen LogP contribution in [-0.2, 0) is 14.3 Å². The summed E-state index contributed by atoms with van der Waals surface area (Å²) in [6, 6.07) is 11.5. The molecule has 3 atom stereocenters. The lowest BCUT2D eigenvalue weighted by Crippen LogP contribution is -2.31. The third-order valence-corrected chi connectivity index (χ3v) is 6.40. The molecule has 2 amide bonds. The number of allylic oxidation sites excluding steroid dienone is 2. The fourth-order valence-electron chi connectivity index (χ4n) is 4.36. The minimum absolute atomic E-state index is 0.0132. The minimum atomic E-state index is -0.640. The number of benzene rings is 2. The Hall–Kier alpha value is -3.54. The van der Waals surface area contributed by atoms with Crippen molar-refractivity contribution >= 4 is 29.3 Å². The van der Waals surface area contributed by atoms with Crippen molar-refractivity contribution in [3.8, 4) is 0 Å². The van der Waals surface area contributed by atoms with E-state index in [1.54, 1.807) is 24.3 Å². The van der Waals surface area contributed by atoms with Crippen molar-refractivity contribution in [2.24, 2.45) is 17.8 Å². The van der Waals surface area contributed by atoms with Crippen LogP contribution in [0.4, 0.5) is 5.69 Å². The molecule has 4 rings (SSSR count). The van der Waals surface area contributed by atoms with Gasteiger partial charge in [-0.25, -0.2) is 4.79 Å². The molecule has 6 heteroatoms. The number of imide groups is 1. The number of fused-ring (bicyclic) bond motifs is 1. The third kappa shape index (κ3) is 3.88. The summed E-state index contributed by atoms with van der Waals surface area (Å²) in [6.07, 6.45) is 4.50. The lowest BCUT2D eigenvalue weighted by Gasteiger charge is -2.22. The molecule has 6 nitrogen and oxygen atoms in total. The van der Waals surface area contributed by atoms with Gasteiger partial charge in [-0.1, -0.05) is 31.2 Å². The summed E-state index contributed by atoms with van der Waals surface area (Å²) in [5, 5.41) is 0. The molecule has 0 unspecified atom stereocenters. The summed E-state index contributed by atoms with van der Waals surface area (Å²) < 4.78 is 5.17. The highest BCUT2D eigenvalue weighted by Gasteiger charge is 2.50. The van der Waals surface area contributed by atoms with Gasteiger partial charge < -0.3 is 4.74 Å². The van der Waals surface area contributed by atoms with Gasteiger partial charge in [-0.05, 0) is 67.6 Å². The molecule has 1 aliphatic carbocycles. The number of ether oxygens (including phenoxy) is 1. The summed E-state index contributed by atoms with van der Waals surface area (Å²) in [7, 11) is 0. The van der Waals surface area contributed by atoms with Crippen LogP contribution in [0.3, 0.4) is 0 Å². The van der Waals surface area contributed by atoms with E-state index in [1.165, 1.54) is 17.0 Å². The van der Waals surface area contributed by atoms with E-state index >= 15 is 0 Å². The molecule has 2 aromatic carbocycles. The first-order chi connectivity index (χ1) is 15.3. The maximum Gasteiger partial charge on any atom is 0.338 e. The van der Waals surface area contributed by atoms with E-state index in [-0.39, 0.29) is 47.5 Å². The van der Waals surface area contributed by atoms with Gasteiger partial charge in [0.05, 0.1) is 23.1 Å². The number of rotatable bonds is 5. The summed E-state index contributed by atoms with van der Waals surface area (Å²) in [4.78, 5) is 51.6. The summed E-state index contributed by atoms with van der Waals surface area (Å²) >= 11 is 0. The molecule has 32 heavy (non-hydrogen) atoms. The number of hydrogen-bond acceptors (Lipinski definition) is 5. The topological polar surface area (TPSA) is 80.8 Å². The van der Waals surface area contributed by atoms with Gasteiger partial charge in [0.2, 0.25) is 11.8 Å². The lowest BCUT2D eigenvalue weighted by molar-refractivity contribution is -0.122. The molecule has 1 fully saturated rings. The number of carbonyl (C=O) groups is 4. The highest BCUT2D eigenvalue weighted by molar-refractivity contribution is 6.22. The van der Waals surface area contributed by atoms with Gasteiger partial charge >= 0.3 is 5.97 Å². The molecule has 0 saturated carbocycles. The number of anilines is 1. The second kappa shape index (κ2) is 8.54.